The predicted molar refractivity (Wildman–Crippen MR) is 89.0 cm³/mol. The number of fused-ring (bicyclic) bond motifs is 5. The van der Waals surface area contributed by atoms with Crippen molar-refractivity contribution in [2.75, 3.05) is 0 Å². The zero-order valence-corrected chi connectivity index (χ0v) is 13.7. The Morgan fingerprint density at radius 3 is 2.68 bits per heavy atom. The average Bonchev–Trinajstić information content (AvgIpc) is 2.92. The van der Waals surface area contributed by atoms with Crippen LogP contribution in [0.5, 0.6) is 11.5 Å². The largest absolute Gasteiger partial charge is 0.504 e. The van der Waals surface area contributed by atoms with Crippen LogP contribution in [0.25, 0.3) is 0 Å². The molecule has 0 amide bonds. The van der Waals surface area contributed by atoms with E-state index in [0.717, 1.165) is 19.4 Å². The molecule has 1 aliphatic carbocycles. The van der Waals surface area contributed by atoms with Gasteiger partial charge in [-0.25, -0.2) is 0 Å². The third kappa shape index (κ3) is 2.05. The van der Waals surface area contributed by atoms with E-state index in [-0.39, 0.29) is 11.5 Å². The third-order valence-electron chi connectivity index (χ3n) is 4.99. The van der Waals surface area contributed by atoms with E-state index in [1.165, 1.54) is 26.4 Å². The lowest BCUT2D eigenvalue weighted by molar-refractivity contribution is 0.382. The number of hydrogen-bond acceptors (Lipinski definition) is 4. The van der Waals surface area contributed by atoms with Crippen LogP contribution < -0.4 is 5.32 Å². The van der Waals surface area contributed by atoms with Gasteiger partial charge in [0.25, 0.3) is 0 Å². The van der Waals surface area contributed by atoms with Crippen molar-refractivity contribution in [3.63, 3.8) is 0 Å². The van der Waals surface area contributed by atoms with Gasteiger partial charge in [0.1, 0.15) is 0 Å². The van der Waals surface area contributed by atoms with Crippen LogP contribution in [0.4, 0.5) is 0 Å². The molecular formula is C18H21NO2S. The van der Waals surface area contributed by atoms with Crippen LogP contribution in [0.15, 0.2) is 18.2 Å². The summed E-state index contributed by atoms with van der Waals surface area (Å²) in [6.45, 7) is 5.43. The van der Waals surface area contributed by atoms with E-state index in [0.29, 0.717) is 17.9 Å². The highest BCUT2D eigenvalue weighted by atomic mass is 32.1. The van der Waals surface area contributed by atoms with Crippen LogP contribution in [-0.4, -0.2) is 16.3 Å². The molecule has 1 aromatic heterocycles. The summed E-state index contributed by atoms with van der Waals surface area (Å²) < 4.78 is 0. The summed E-state index contributed by atoms with van der Waals surface area (Å²) in [5.74, 6) is 0.827. The fourth-order valence-corrected chi connectivity index (χ4v) is 4.98. The minimum atomic E-state index is -0.00849. The molecule has 2 atom stereocenters. The SMILES string of the molecule is CC(C)c1cc2c(s1)CNC1CCc3cc(O)c(O)cc3[C@@H]21. The molecule has 3 nitrogen and oxygen atoms in total. The molecule has 1 aromatic carbocycles. The molecule has 4 heteroatoms. The van der Waals surface area contributed by atoms with Gasteiger partial charge in [0.05, 0.1) is 0 Å². The third-order valence-corrected chi connectivity index (χ3v) is 6.44. The van der Waals surface area contributed by atoms with Crippen molar-refractivity contribution in [3.05, 3.63) is 44.6 Å². The zero-order valence-electron chi connectivity index (χ0n) is 12.9. The van der Waals surface area contributed by atoms with E-state index in [1.54, 1.807) is 12.1 Å². The van der Waals surface area contributed by atoms with E-state index in [9.17, 15) is 10.2 Å². The van der Waals surface area contributed by atoms with Gasteiger partial charge < -0.3 is 15.5 Å². The van der Waals surface area contributed by atoms with Crippen molar-refractivity contribution in [1.82, 2.24) is 5.32 Å². The van der Waals surface area contributed by atoms with Gasteiger partial charge in [-0.05, 0) is 53.6 Å². The second kappa shape index (κ2) is 5.00. The lowest BCUT2D eigenvalue weighted by Gasteiger charge is -2.38. The Morgan fingerprint density at radius 1 is 1.14 bits per heavy atom. The highest BCUT2D eigenvalue weighted by molar-refractivity contribution is 7.12. The highest BCUT2D eigenvalue weighted by Crippen LogP contribution is 2.46. The summed E-state index contributed by atoms with van der Waals surface area (Å²) in [6, 6.07) is 6.30. The van der Waals surface area contributed by atoms with Gasteiger partial charge in [-0.1, -0.05) is 13.8 Å². The molecule has 3 N–H and O–H groups in total. The Hall–Kier alpha value is -1.52. The maximum absolute atomic E-state index is 9.94. The number of phenolic OH excluding ortho intramolecular Hbond substituents is 2. The van der Waals surface area contributed by atoms with Gasteiger partial charge >= 0.3 is 0 Å². The van der Waals surface area contributed by atoms with Crippen molar-refractivity contribution in [3.8, 4) is 11.5 Å². The summed E-state index contributed by atoms with van der Waals surface area (Å²) in [7, 11) is 0. The van der Waals surface area contributed by atoms with Crippen molar-refractivity contribution < 1.29 is 10.2 Å². The molecule has 2 aromatic rings. The highest BCUT2D eigenvalue weighted by Gasteiger charge is 2.36. The van der Waals surface area contributed by atoms with Gasteiger partial charge in [0.2, 0.25) is 0 Å². The topological polar surface area (TPSA) is 52.5 Å². The van der Waals surface area contributed by atoms with E-state index >= 15 is 0 Å². The summed E-state index contributed by atoms with van der Waals surface area (Å²) in [5.41, 5.74) is 3.76. The maximum atomic E-state index is 9.94. The summed E-state index contributed by atoms with van der Waals surface area (Å²) in [5, 5.41) is 23.4. The molecule has 2 aliphatic rings. The Labute approximate surface area is 134 Å². The van der Waals surface area contributed by atoms with Crippen LogP contribution in [-0.2, 0) is 13.0 Å². The number of aryl methyl sites for hydroxylation is 1. The number of phenols is 2. The molecule has 1 aliphatic heterocycles. The standard InChI is InChI=1S/C18H21NO2S/c1-9(2)16-7-12-17(22-16)8-19-13-4-3-10-5-14(20)15(21)6-11(10)18(12)13/h5-7,9,13,18-21H,3-4,8H2,1-2H3/t13?,18-/m0/s1. The zero-order chi connectivity index (χ0) is 15.4. The van der Waals surface area contributed by atoms with Crippen molar-refractivity contribution in [1.29, 1.82) is 0 Å². The first-order chi connectivity index (χ1) is 10.5. The molecular weight excluding hydrogens is 294 g/mol. The molecule has 116 valence electrons. The van der Waals surface area contributed by atoms with Crippen LogP contribution in [0, 0.1) is 0 Å². The maximum Gasteiger partial charge on any atom is 0.157 e. The fraction of sp³-hybridized carbons (Fsp3) is 0.444. The Kier molecular flexibility index (Phi) is 3.20. The van der Waals surface area contributed by atoms with Crippen molar-refractivity contribution >= 4 is 11.3 Å². The molecule has 0 spiro atoms. The average molecular weight is 315 g/mol. The normalized spacial score (nSPS) is 23.0. The van der Waals surface area contributed by atoms with E-state index < -0.39 is 0 Å². The quantitative estimate of drug-likeness (QED) is 0.701. The Morgan fingerprint density at radius 2 is 1.91 bits per heavy atom. The minimum absolute atomic E-state index is 0.00520. The molecule has 4 rings (SSSR count). The van der Waals surface area contributed by atoms with Gasteiger partial charge in [0, 0.05) is 28.3 Å². The predicted octanol–water partition coefficient (Wildman–Crippen LogP) is 3.83. The van der Waals surface area contributed by atoms with Crippen LogP contribution in [0.2, 0.25) is 0 Å². The number of benzene rings is 1. The Bertz CT molecular complexity index is 735. The van der Waals surface area contributed by atoms with Gasteiger partial charge in [-0.15, -0.1) is 11.3 Å². The molecule has 0 bridgehead atoms. The van der Waals surface area contributed by atoms with Crippen LogP contribution in [0.3, 0.4) is 0 Å². The lowest BCUT2D eigenvalue weighted by atomic mass is 9.74. The molecule has 0 saturated carbocycles. The molecule has 0 saturated heterocycles. The number of rotatable bonds is 1. The molecule has 0 radical (unpaired) electrons. The first kappa shape index (κ1) is 14.1. The summed E-state index contributed by atoms with van der Waals surface area (Å²) >= 11 is 1.91. The second-order valence-electron chi connectivity index (χ2n) is 6.73. The van der Waals surface area contributed by atoms with E-state index in [4.69, 9.17) is 0 Å². The Balaban J connectivity index is 1.87. The molecule has 22 heavy (non-hydrogen) atoms. The monoisotopic (exact) mass is 315 g/mol. The van der Waals surface area contributed by atoms with Crippen LogP contribution >= 0.6 is 11.3 Å². The molecule has 2 heterocycles. The lowest BCUT2D eigenvalue weighted by Crippen LogP contribution is -2.41. The fourth-order valence-electron chi connectivity index (χ4n) is 3.81. The molecule has 1 unspecified atom stereocenters. The van der Waals surface area contributed by atoms with Crippen molar-refractivity contribution in [2.45, 2.75) is 51.1 Å². The first-order valence-electron chi connectivity index (χ1n) is 7.95. The summed E-state index contributed by atoms with van der Waals surface area (Å²) in [4.78, 5) is 2.85. The number of hydrogen-bond donors (Lipinski definition) is 3. The molecule has 0 fully saturated rings. The first-order valence-corrected chi connectivity index (χ1v) is 8.77. The number of thiophene rings is 1. The van der Waals surface area contributed by atoms with E-state index in [2.05, 4.69) is 25.2 Å². The van der Waals surface area contributed by atoms with Crippen LogP contribution in [0.1, 0.15) is 58.5 Å². The van der Waals surface area contributed by atoms with Gasteiger partial charge in [-0.2, -0.15) is 0 Å². The van der Waals surface area contributed by atoms with Gasteiger partial charge in [-0.3, -0.25) is 0 Å². The number of nitrogens with one attached hydrogen (secondary N) is 1. The number of aromatic hydroxyl groups is 2. The second-order valence-corrected chi connectivity index (χ2v) is 7.89. The van der Waals surface area contributed by atoms with Gasteiger partial charge in [0.15, 0.2) is 11.5 Å². The van der Waals surface area contributed by atoms with Crippen molar-refractivity contribution in [2.24, 2.45) is 0 Å². The smallest absolute Gasteiger partial charge is 0.157 e. The summed E-state index contributed by atoms with van der Waals surface area (Å²) in [6.07, 6.45) is 2.03. The minimum Gasteiger partial charge on any atom is -0.504 e. The van der Waals surface area contributed by atoms with E-state index in [1.807, 2.05) is 11.3 Å².